The van der Waals surface area contributed by atoms with E-state index < -0.39 is 0 Å². The molecule has 1 saturated heterocycles. The van der Waals surface area contributed by atoms with Crippen LogP contribution in [0.2, 0.25) is 0 Å². The van der Waals surface area contributed by atoms with E-state index in [2.05, 4.69) is 47.3 Å². The molecule has 1 aromatic heterocycles. The Morgan fingerprint density at radius 1 is 1.21 bits per heavy atom. The predicted octanol–water partition coefficient (Wildman–Crippen LogP) is 2.92. The number of rotatable bonds is 2. The summed E-state index contributed by atoms with van der Waals surface area (Å²) < 4.78 is 12.8. The molecule has 100 valence electrons. The van der Waals surface area contributed by atoms with Gasteiger partial charge in [0.1, 0.15) is 6.10 Å². The van der Waals surface area contributed by atoms with Gasteiger partial charge in [-0.3, -0.25) is 0 Å². The van der Waals surface area contributed by atoms with Crippen LogP contribution < -0.4 is 5.32 Å². The van der Waals surface area contributed by atoms with Gasteiger partial charge in [0.25, 0.3) is 5.89 Å². The van der Waals surface area contributed by atoms with Crippen LogP contribution in [0.25, 0.3) is 11.5 Å². The van der Waals surface area contributed by atoms with Crippen molar-refractivity contribution in [3.05, 3.63) is 33.0 Å². The van der Waals surface area contributed by atoms with Crippen LogP contribution in [0.3, 0.4) is 0 Å². The predicted molar refractivity (Wildman–Crippen MR) is 76.7 cm³/mol. The largest absolute Gasteiger partial charge is 0.367 e. The zero-order valence-corrected chi connectivity index (χ0v) is 13.1. The zero-order valence-electron chi connectivity index (χ0n) is 9.90. The molecule has 7 heteroatoms. The van der Waals surface area contributed by atoms with Crippen molar-refractivity contribution in [2.75, 3.05) is 19.7 Å². The van der Waals surface area contributed by atoms with E-state index in [0.29, 0.717) is 24.9 Å². The highest BCUT2D eigenvalue weighted by Crippen LogP contribution is 2.27. The lowest BCUT2D eigenvalue weighted by Crippen LogP contribution is -2.33. The van der Waals surface area contributed by atoms with Crippen molar-refractivity contribution in [1.82, 2.24) is 15.5 Å². The summed E-state index contributed by atoms with van der Waals surface area (Å²) in [5.74, 6) is 1.07. The van der Waals surface area contributed by atoms with Crippen LogP contribution in [0.15, 0.2) is 31.7 Å². The van der Waals surface area contributed by atoms with Crippen LogP contribution >= 0.6 is 31.9 Å². The van der Waals surface area contributed by atoms with E-state index in [0.717, 1.165) is 21.1 Å². The molecule has 1 N–H and O–H groups in total. The van der Waals surface area contributed by atoms with Crippen molar-refractivity contribution in [2.24, 2.45) is 0 Å². The molecule has 2 heterocycles. The van der Waals surface area contributed by atoms with Crippen LogP contribution in [-0.2, 0) is 4.74 Å². The maximum atomic E-state index is 5.59. The van der Waals surface area contributed by atoms with Crippen LogP contribution in [0.4, 0.5) is 0 Å². The van der Waals surface area contributed by atoms with E-state index in [1.807, 2.05) is 18.2 Å². The second-order valence-electron chi connectivity index (χ2n) is 4.18. The first-order valence-electron chi connectivity index (χ1n) is 5.85. The van der Waals surface area contributed by atoms with Crippen molar-refractivity contribution in [3.63, 3.8) is 0 Å². The molecule has 1 aliphatic heterocycles. The van der Waals surface area contributed by atoms with Crippen LogP contribution in [0.5, 0.6) is 0 Å². The van der Waals surface area contributed by atoms with Gasteiger partial charge < -0.3 is 14.6 Å². The molecule has 0 saturated carbocycles. The number of hydrogen-bond donors (Lipinski definition) is 1. The second-order valence-corrected chi connectivity index (χ2v) is 6.01. The second kappa shape index (κ2) is 5.70. The Hall–Kier alpha value is -0.760. The van der Waals surface area contributed by atoms with E-state index >= 15 is 0 Å². The maximum Gasteiger partial charge on any atom is 0.258 e. The van der Waals surface area contributed by atoms with Crippen molar-refractivity contribution in [1.29, 1.82) is 0 Å². The average molecular weight is 389 g/mol. The third-order valence-corrected chi connectivity index (χ3v) is 3.68. The van der Waals surface area contributed by atoms with Crippen molar-refractivity contribution in [2.45, 2.75) is 6.10 Å². The number of nitrogens with zero attached hydrogens (tertiary/aromatic N) is 2. The zero-order chi connectivity index (χ0) is 13.2. The van der Waals surface area contributed by atoms with Gasteiger partial charge in [0.15, 0.2) is 0 Å². The highest BCUT2D eigenvalue weighted by Gasteiger charge is 2.22. The number of aromatic nitrogens is 2. The molecule has 3 rings (SSSR count). The fourth-order valence-corrected chi connectivity index (χ4v) is 3.19. The van der Waals surface area contributed by atoms with Gasteiger partial charge in [0.05, 0.1) is 6.61 Å². The smallest absolute Gasteiger partial charge is 0.258 e. The normalized spacial score (nSPS) is 19.6. The molecule has 19 heavy (non-hydrogen) atoms. The average Bonchev–Trinajstić information content (AvgIpc) is 2.88. The number of morpholine rings is 1. The third kappa shape index (κ3) is 3.05. The molecule has 1 unspecified atom stereocenters. The summed E-state index contributed by atoms with van der Waals surface area (Å²) in [6.07, 6.45) is -0.137. The van der Waals surface area contributed by atoms with E-state index in [4.69, 9.17) is 9.26 Å². The molecule has 1 fully saturated rings. The molecule has 0 aliphatic carbocycles. The van der Waals surface area contributed by atoms with E-state index in [1.54, 1.807) is 0 Å². The molecule has 1 aliphatic rings. The lowest BCUT2D eigenvalue weighted by Gasteiger charge is -2.20. The minimum Gasteiger partial charge on any atom is -0.367 e. The molecule has 2 aromatic rings. The summed E-state index contributed by atoms with van der Waals surface area (Å²) in [6, 6.07) is 5.82. The molecule has 0 amide bonds. The first-order chi connectivity index (χ1) is 9.22. The van der Waals surface area contributed by atoms with Crippen molar-refractivity contribution >= 4 is 31.9 Å². The quantitative estimate of drug-likeness (QED) is 0.856. The standard InChI is InChI=1S/C12H11Br2N3O2/c13-8-3-7(4-9(14)5-8)12-16-11(17-19-12)10-6-15-1-2-18-10/h3-5,10,15H,1-2,6H2. The summed E-state index contributed by atoms with van der Waals surface area (Å²) >= 11 is 6.88. The number of benzene rings is 1. The van der Waals surface area contributed by atoms with Gasteiger partial charge in [-0.1, -0.05) is 37.0 Å². The molecular formula is C12H11Br2N3O2. The van der Waals surface area contributed by atoms with Gasteiger partial charge in [-0.2, -0.15) is 4.98 Å². The van der Waals surface area contributed by atoms with Crippen LogP contribution in [0, 0.1) is 0 Å². The first-order valence-corrected chi connectivity index (χ1v) is 7.43. The minimum absolute atomic E-state index is 0.137. The van der Waals surface area contributed by atoms with E-state index in [1.165, 1.54) is 0 Å². The molecule has 5 nitrogen and oxygen atoms in total. The highest BCUT2D eigenvalue weighted by molar-refractivity contribution is 9.11. The monoisotopic (exact) mass is 387 g/mol. The topological polar surface area (TPSA) is 60.2 Å². The van der Waals surface area contributed by atoms with E-state index in [-0.39, 0.29) is 6.10 Å². The Balaban J connectivity index is 1.87. The minimum atomic E-state index is -0.137. The van der Waals surface area contributed by atoms with Gasteiger partial charge >= 0.3 is 0 Å². The summed E-state index contributed by atoms with van der Waals surface area (Å²) in [6.45, 7) is 2.23. The number of halogens is 2. The Morgan fingerprint density at radius 3 is 2.68 bits per heavy atom. The Bertz CT molecular complexity index is 562. The lowest BCUT2D eigenvalue weighted by molar-refractivity contribution is 0.0208. The fourth-order valence-electron chi connectivity index (χ4n) is 1.89. The first kappa shape index (κ1) is 13.2. The van der Waals surface area contributed by atoms with Gasteiger partial charge in [0.2, 0.25) is 5.82 Å². The fraction of sp³-hybridized carbons (Fsp3) is 0.333. The molecule has 0 spiro atoms. The Kier molecular flexibility index (Phi) is 3.97. The molecular weight excluding hydrogens is 378 g/mol. The molecule has 1 atom stereocenters. The van der Waals surface area contributed by atoms with Gasteiger partial charge in [-0.15, -0.1) is 0 Å². The third-order valence-electron chi connectivity index (χ3n) is 2.77. The summed E-state index contributed by atoms with van der Waals surface area (Å²) in [4.78, 5) is 4.40. The maximum absolute atomic E-state index is 5.59. The molecule has 1 aromatic carbocycles. The lowest BCUT2D eigenvalue weighted by atomic mass is 10.2. The van der Waals surface area contributed by atoms with E-state index in [9.17, 15) is 0 Å². The van der Waals surface area contributed by atoms with Gasteiger partial charge in [-0.05, 0) is 18.2 Å². The SMILES string of the molecule is Brc1cc(Br)cc(-c2nc(C3CNCCO3)no2)c1. The number of nitrogens with one attached hydrogen (secondary N) is 1. The summed E-state index contributed by atoms with van der Waals surface area (Å²) in [7, 11) is 0. The highest BCUT2D eigenvalue weighted by atomic mass is 79.9. The van der Waals surface area contributed by atoms with Crippen LogP contribution in [-0.4, -0.2) is 29.8 Å². The van der Waals surface area contributed by atoms with Crippen molar-refractivity contribution in [3.8, 4) is 11.5 Å². The number of hydrogen-bond acceptors (Lipinski definition) is 5. The Morgan fingerprint density at radius 2 is 2.00 bits per heavy atom. The van der Waals surface area contributed by atoms with Gasteiger partial charge in [0, 0.05) is 27.6 Å². The number of ether oxygens (including phenoxy) is 1. The molecule has 0 radical (unpaired) electrons. The van der Waals surface area contributed by atoms with Gasteiger partial charge in [-0.25, -0.2) is 0 Å². The van der Waals surface area contributed by atoms with Crippen LogP contribution in [0.1, 0.15) is 11.9 Å². The summed E-state index contributed by atoms with van der Waals surface area (Å²) in [5, 5.41) is 7.23. The van der Waals surface area contributed by atoms with Crippen molar-refractivity contribution < 1.29 is 9.26 Å². The summed E-state index contributed by atoms with van der Waals surface area (Å²) in [5.41, 5.74) is 0.865. The molecule has 0 bridgehead atoms. The Labute approximate surface area is 127 Å².